The predicted octanol–water partition coefficient (Wildman–Crippen LogP) is 0.659. The van der Waals surface area contributed by atoms with Gasteiger partial charge in [-0.15, -0.1) is 10.2 Å². The Labute approximate surface area is 115 Å². The fourth-order valence-corrected chi connectivity index (χ4v) is 3.22. The average Bonchev–Trinajstić information content (AvgIpc) is 3.08. The Kier molecular flexibility index (Phi) is 3.32. The summed E-state index contributed by atoms with van der Waals surface area (Å²) in [6, 6.07) is 1.39. The Morgan fingerprint density at radius 3 is 2.65 bits per heavy atom. The second-order valence-corrected chi connectivity index (χ2v) is 6.17. The van der Waals surface area contributed by atoms with E-state index < -0.39 is 10.0 Å². The summed E-state index contributed by atoms with van der Waals surface area (Å²) in [5, 5.41) is 7.37. The van der Waals surface area contributed by atoms with Crippen LogP contribution in [0.2, 0.25) is 0 Å². The van der Waals surface area contributed by atoms with Crippen LogP contribution in [0.3, 0.4) is 0 Å². The molecule has 0 radical (unpaired) electrons. The van der Waals surface area contributed by atoms with E-state index in [1.54, 1.807) is 6.92 Å². The summed E-state index contributed by atoms with van der Waals surface area (Å²) in [6.45, 7) is 3.06. The van der Waals surface area contributed by atoms with Crippen LogP contribution in [-0.2, 0) is 14.8 Å². The third kappa shape index (κ3) is 2.35. The topological polar surface area (TPSA) is 98.7 Å². The van der Waals surface area contributed by atoms with Gasteiger partial charge >= 0.3 is 0 Å². The van der Waals surface area contributed by atoms with Crippen LogP contribution in [0.15, 0.2) is 26.3 Å². The largest absolute Gasteiger partial charge is 0.451 e. The summed E-state index contributed by atoms with van der Waals surface area (Å²) in [5.41, 5.74) is 0.442. The number of sulfonamides is 1. The first-order chi connectivity index (χ1) is 9.57. The number of hydrogen-bond acceptors (Lipinski definition) is 7. The van der Waals surface area contributed by atoms with Crippen LogP contribution in [0.4, 0.5) is 0 Å². The van der Waals surface area contributed by atoms with E-state index in [2.05, 4.69) is 10.2 Å². The van der Waals surface area contributed by atoms with Gasteiger partial charge in [-0.05, 0) is 0 Å². The van der Waals surface area contributed by atoms with Gasteiger partial charge in [0.15, 0.2) is 0 Å². The number of aryl methyl sites for hydroxylation is 1. The third-order valence-corrected chi connectivity index (χ3v) is 4.68. The fraction of sp³-hybridized carbons (Fsp3) is 0.455. The van der Waals surface area contributed by atoms with Crippen molar-refractivity contribution in [3.8, 4) is 11.5 Å². The SMILES string of the molecule is Cc1nnc(-c2coc(S(=O)(=O)N3CCOCC3)c2)o1. The number of nitrogens with zero attached hydrogens (tertiary/aromatic N) is 3. The van der Waals surface area contributed by atoms with Crippen molar-refractivity contribution in [1.82, 2.24) is 14.5 Å². The summed E-state index contributed by atoms with van der Waals surface area (Å²) in [7, 11) is -3.65. The lowest BCUT2D eigenvalue weighted by Crippen LogP contribution is -2.40. The maximum Gasteiger partial charge on any atom is 0.276 e. The molecule has 0 amide bonds. The molecule has 20 heavy (non-hydrogen) atoms. The van der Waals surface area contributed by atoms with Crippen molar-refractivity contribution in [2.75, 3.05) is 26.3 Å². The molecule has 1 aliphatic heterocycles. The fourth-order valence-electron chi connectivity index (χ4n) is 1.89. The minimum absolute atomic E-state index is 0.134. The smallest absolute Gasteiger partial charge is 0.276 e. The molecule has 1 fully saturated rings. The van der Waals surface area contributed by atoms with Gasteiger partial charge in [-0.3, -0.25) is 0 Å². The van der Waals surface area contributed by atoms with Crippen LogP contribution in [0, 0.1) is 6.92 Å². The number of furan rings is 1. The predicted molar refractivity (Wildman–Crippen MR) is 66.3 cm³/mol. The maximum atomic E-state index is 12.3. The van der Waals surface area contributed by atoms with Gasteiger partial charge in [0.1, 0.15) is 6.26 Å². The Morgan fingerprint density at radius 2 is 2.00 bits per heavy atom. The zero-order chi connectivity index (χ0) is 14.2. The van der Waals surface area contributed by atoms with E-state index in [4.69, 9.17) is 13.6 Å². The number of aromatic nitrogens is 2. The molecular formula is C11H13N3O5S. The molecule has 2 aromatic heterocycles. The highest BCUT2D eigenvalue weighted by Gasteiger charge is 2.29. The minimum atomic E-state index is -3.65. The van der Waals surface area contributed by atoms with E-state index in [9.17, 15) is 8.42 Å². The summed E-state index contributed by atoms with van der Waals surface area (Å²) >= 11 is 0. The van der Waals surface area contributed by atoms with Crippen molar-refractivity contribution < 1.29 is 22.0 Å². The van der Waals surface area contributed by atoms with Crippen molar-refractivity contribution in [3.63, 3.8) is 0 Å². The molecule has 108 valence electrons. The van der Waals surface area contributed by atoms with Gasteiger partial charge in [0.2, 0.25) is 11.0 Å². The minimum Gasteiger partial charge on any atom is -0.451 e. The van der Waals surface area contributed by atoms with E-state index >= 15 is 0 Å². The lowest BCUT2D eigenvalue weighted by molar-refractivity contribution is 0.0724. The summed E-state index contributed by atoms with van der Waals surface area (Å²) < 4.78 is 41.5. The van der Waals surface area contributed by atoms with Gasteiger partial charge in [-0.25, -0.2) is 8.42 Å². The van der Waals surface area contributed by atoms with Gasteiger partial charge in [0.25, 0.3) is 15.9 Å². The van der Waals surface area contributed by atoms with Crippen molar-refractivity contribution in [3.05, 3.63) is 18.2 Å². The number of morpholine rings is 1. The van der Waals surface area contributed by atoms with Gasteiger partial charge in [-0.2, -0.15) is 4.31 Å². The van der Waals surface area contributed by atoms with Crippen LogP contribution in [0.1, 0.15) is 5.89 Å². The molecule has 0 N–H and O–H groups in total. The Balaban J connectivity index is 1.89. The van der Waals surface area contributed by atoms with Gasteiger partial charge in [0, 0.05) is 26.1 Å². The lowest BCUT2D eigenvalue weighted by atomic mass is 10.3. The lowest BCUT2D eigenvalue weighted by Gasteiger charge is -2.24. The quantitative estimate of drug-likeness (QED) is 0.820. The van der Waals surface area contributed by atoms with Gasteiger partial charge in [0.05, 0.1) is 18.8 Å². The van der Waals surface area contributed by atoms with E-state index in [0.29, 0.717) is 37.8 Å². The highest BCUT2D eigenvalue weighted by atomic mass is 32.2. The van der Waals surface area contributed by atoms with E-state index in [-0.39, 0.29) is 11.0 Å². The standard InChI is InChI=1S/C11H13N3O5S/c1-8-12-13-11(19-8)9-6-10(18-7-9)20(15,16)14-2-4-17-5-3-14/h6-7H,2-5H2,1H3. The zero-order valence-corrected chi connectivity index (χ0v) is 11.6. The number of rotatable bonds is 3. The van der Waals surface area contributed by atoms with E-state index in [1.165, 1.54) is 16.6 Å². The van der Waals surface area contributed by atoms with E-state index in [1.807, 2.05) is 0 Å². The molecular weight excluding hydrogens is 286 g/mol. The van der Waals surface area contributed by atoms with Crippen LogP contribution < -0.4 is 0 Å². The molecule has 9 heteroatoms. The molecule has 0 aliphatic carbocycles. The molecule has 3 heterocycles. The summed E-state index contributed by atoms with van der Waals surface area (Å²) in [5.74, 6) is 0.633. The first-order valence-corrected chi connectivity index (χ1v) is 7.48. The second kappa shape index (κ2) is 5.00. The highest BCUT2D eigenvalue weighted by Crippen LogP contribution is 2.25. The average molecular weight is 299 g/mol. The first-order valence-electron chi connectivity index (χ1n) is 6.04. The van der Waals surface area contributed by atoms with Crippen LogP contribution in [0.25, 0.3) is 11.5 Å². The summed E-state index contributed by atoms with van der Waals surface area (Å²) in [4.78, 5) is 0. The molecule has 0 saturated carbocycles. The molecule has 1 aliphatic rings. The normalized spacial score (nSPS) is 17.4. The summed E-state index contributed by atoms with van der Waals surface area (Å²) in [6.07, 6.45) is 1.29. The molecule has 8 nitrogen and oxygen atoms in total. The Morgan fingerprint density at radius 1 is 1.25 bits per heavy atom. The first kappa shape index (κ1) is 13.3. The molecule has 2 aromatic rings. The molecule has 1 saturated heterocycles. The highest BCUT2D eigenvalue weighted by molar-refractivity contribution is 7.89. The zero-order valence-electron chi connectivity index (χ0n) is 10.8. The Hall–Kier alpha value is -1.71. The van der Waals surface area contributed by atoms with Crippen molar-refractivity contribution >= 4 is 10.0 Å². The molecule has 0 aromatic carbocycles. The third-order valence-electron chi connectivity index (χ3n) is 2.91. The molecule has 0 unspecified atom stereocenters. The molecule has 0 spiro atoms. The second-order valence-electron chi connectivity index (χ2n) is 4.30. The van der Waals surface area contributed by atoms with Crippen molar-refractivity contribution in [1.29, 1.82) is 0 Å². The van der Waals surface area contributed by atoms with Crippen molar-refractivity contribution in [2.45, 2.75) is 12.0 Å². The van der Waals surface area contributed by atoms with Gasteiger partial charge < -0.3 is 13.6 Å². The number of ether oxygens (including phenoxy) is 1. The molecule has 3 rings (SSSR count). The molecule has 0 bridgehead atoms. The number of hydrogen-bond donors (Lipinski definition) is 0. The Bertz CT molecular complexity index is 699. The maximum absolute atomic E-state index is 12.3. The van der Waals surface area contributed by atoms with Crippen LogP contribution in [0.5, 0.6) is 0 Å². The van der Waals surface area contributed by atoms with Crippen molar-refractivity contribution in [2.24, 2.45) is 0 Å². The van der Waals surface area contributed by atoms with E-state index in [0.717, 1.165) is 0 Å². The molecule has 0 atom stereocenters. The monoisotopic (exact) mass is 299 g/mol. The van der Waals surface area contributed by atoms with Crippen LogP contribution >= 0.6 is 0 Å². The van der Waals surface area contributed by atoms with Gasteiger partial charge in [-0.1, -0.05) is 0 Å². The van der Waals surface area contributed by atoms with Crippen LogP contribution in [-0.4, -0.2) is 49.2 Å².